The number of hydrogen-bond donors (Lipinski definition) is 3. The zero-order valence-corrected chi connectivity index (χ0v) is 18.2. The van der Waals surface area contributed by atoms with Gasteiger partial charge in [-0.1, -0.05) is 30.3 Å². The lowest BCUT2D eigenvalue weighted by Gasteiger charge is -2.32. The molecule has 3 aromatic rings. The maximum atomic E-state index is 13.3. The van der Waals surface area contributed by atoms with Crippen LogP contribution in [0.3, 0.4) is 0 Å². The smallest absolute Gasteiger partial charge is 0.248 e. The molecule has 2 unspecified atom stereocenters. The van der Waals surface area contributed by atoms with Crippen LogP contribution in [0.1, 0.15) is 41.4 Å². The minimum absolute atomic E-state index is 0.142. The highest BCUT2D eigenvalue weighted by molar-refractivity contribution is 5.94. The topological polar surface area (TPSA) is 100 Å². The normalized spacial score (nSPS) is 17.8. The summed E-state index contributed by atoms with van der Waals surface area (Å²) in [5.74, 6) is -3.16. The number of hydrogen-bond acceptors (Lipinski definition) is 4. The average molecular weight is 464 g/mol. The molecule has 3 N–H and O–H groups in total. The Labute approximate surface area is 194 Å². The maximum Gasteiger partial charge on any atom is 0.248 e. The van der Waals surface area contributed by atoms with Crippen LogP contribution in [0.2, 0.25) is 0 Å². The van der Waals surface area contributed by atoms with Gasteiger partial charge in [0.15, 0.2) is 0 Å². The molecular weight excluding hydrogens is 442 g/mol. The highest BCUT2D eigenvalue weighted by Crippen LogP contribution is 2.32. The Hall–Kier alpha value is -4.14. The molecule has 1 aromatic heterocycles. The molecule has 174 valence electrons. The lowest BCUT2D eigenvalue weighted by Crippen LogP contribution is -2.51. The number of pyridine rings is 1. The second-order valence-corrected chi connectivity index (χ2v) is 8.01. The molecule has 0 fully saturated rings. The second kappa shape index (κ2) is 9.78. The Balaban J connectivity index is 1.45. The Kier molecular flexibility index (Phi) is 6.62. The SMILES string of the molecule is C[C@H](NC(=O)Cc1cc(F)cc(F)c1)C(=O)NC1C(=O)NC(c2ccccn2)c2ccccc21. The van der Waals surface area contributed by atoms with Crippen molar-refractivity contribution in [2.24, 2.45) is 0 Å². The number of carbonyl (C=O) groups excluding carboxylic acids is 3. The summed E-state index contributed by atoms with van der Waals surface area (Å²) in [5, 5.41) is 8.06. The Morgan fingerprint density at radius 1 is 1.03 bits per heavy atom. The minimum Gasteiger partial charge on any atom is -0.344 e. The minimum atomic E-state index is -0.987. The van der Waals surface area contributed by atoms with Crippen molar-refractivity contribution in [2.75, 3.05) is 0 Å². The van der Waals surface area contributed by atoms with Crippen LogP contribution in [-0.4, -0.2) is 28.7 Å². The summed E-state index contributed by atoms with van der Waals surface area (Å²) in [6.07, 6.45) is 1.34. The van der Waals surface area contributed by atoms with E-state index in [0.717, 1.165) is 17.7 Å². The molecule has 3 amide bonds. The zero-order chi connectivity index (χ0) is 24.2. The van der Waals surface area contributed by atoms with E-state index in [1.54, 1.807) is 24.4 Å². The third kappa shape index (κ3) is 5.09. The van der Waals surface area contributed by atoms with Gasteiger partial charge in [-0.25, -0.2) is 8.78 Å². The van der Waals surface area contributed by atoms with Crippen molar-refractivity contribution in [3.63, 3.8) is 0 Å². The van der Waals surface area contributed by atoms with Crippen molar-refractivity contribution in [1.29, 1.82) is 0 Å². The summed E-state index contributed by atoms with van der Waals surface area (Å²) in [5.41, 5.74) is 2.24. The molecule has 0 radical (unpaired) electrons. The van der Waals surface area contributed by atoms with Gasteiger partial charge in [0.05, 0.1) is 18.2 Å². The third-order valence-electron chi connectivity index (χ3n) is 5.49. The molecule has 1 aliphatic heterocycles. The standard InChI is InChI=1S/C25H22F2N4O3/c1-14(29-21(32)12-15-10-16(26)13-17(27)11-15)24(33)31-23-19-7-3-2-6-18(19)22(30-25(23)34)20-8-4-5-9-28-20/h2-11,13-14,22-23H,12H2,1H3,(H,29,32)(H,30,34)(H,31,33)/t14-,22?,23?/m0/s1. The first-order valence-corrected chi connectivity index (χ1v) is 10.7. The number of aromatic nitrogens is 1. The molecule has 0 saturated heterocycles. The van der Waals surface area contributed by atoms with Crippen LogP contribution >= 0.6 is 0 Å². The van der Waals surface area contributed by atoms with Gasteiger partial charge in [0.1, 0.15) is 23.7 Å². The second-order valence-electron chi connectivity index (χ2n) is 8.01. The molecule has 3 atom stereocenters. The van der Waals surface area contributed by atoms with Gasteiger partial charge in [-0.15, -0.1) is 0 Å². The van der Waals surface area contributed by atoms with Gasteiger partial charge in [0, 0.05) is 12.3 Å². The van der Waals surface area contributed by atoms with Gasteiger partial charge in [-0.2, -0.15) is 0 Å². The monoisotopic (exact) mass is 464 g/mol. The third-order valence-corrected chi connectivity index (χ3v) is 5.49. The summed E-state index contributed by atoms with van der Waals surface area (Å²) in [7, 11) is 0. The first-order valence-electron chi connectivity index (χ1n) is 10.7. The van der Waals surface area contributed by atoms with Gasteiger partial charge >= 0.3 is 0 Å². The molecule has 34 heavy (non-hydrogen) atoms. The molecule has 1 aliphatic rings. The molecule has 2 heterocycles. The number of nitrogens with zero attached hydrogens (tertiary/aromatic N) is 1. The summed E-state index contributed by atoms with van der Waals surface area (Å²) >= 11 is 0. The number of amides is 3. The van der Waals surface area contributed by atoms with Crippen molar-refractivity contribution in [2.45, 2.75) is 31.5 Å². The van der Waals surface area contributed by atoms with E-state index in [0.29, 0.717) is 17.3 Å². The van der Waals surface area contributed by atoms with E-state index >= 15 is 0 Å². The van der Waals surface area contributed by atoms with E-state index in [1.165, 1.54) is 6.92 Å². The fourth-order valence-corrected chi connectivity index (χ4v) is 3.93. The average Bonchev–Trinajstić information content (AvgIpc) is 2.80. The predicted octanol–water partition coefficient (Wildman–Crippen LogP) is 2.48. The number of nitrogens with one attached hydrogen (secondary N) is 3. The Bertz CT molecular complexity index is 1220. The number of rotatable bonds is 6. The van der Waals surface area contributed by atoms with Crippen molar-refractivity contribution in [1.82, 2.24) is 20.9 Å². The molecule has 7 nitrogen and oxygen atoms in total. The zero-order valence-electron chi connectivity index (χ0n) is 18.2. The van der Waals surface area contributed by atoms with Crippen molar-refractivity contribution in [3.8, 4) is 0 Å². The van der Waals surface area contributed by atoms with Crippen LogP contribution in [-0.2, 0) is 20.8 Å². The fraction of sp³-hybridized carbons (Fsp3) is 0.200. The fourth-order valence-electron chi connectivity index (χ4n) is 3.93. The van der Waals surface area contributed by atoms with Gasteiger partial charge < -0.3 is 16.0 Å². The van der Waals surface area contributed by atoms with E-state index in [2.05, 4.69) is 20.9 Å². The summed E-state index contributed by atoms with van der Waals surface area (Å²) in [6.45, 7) is 1.46. The van der Waals surface area contributed by atoms with Crippen LogP contribution in [0.25, 0.3) is 0 Å². The summed E-state index contributed by atoms with van der Waals surface area (Å²) in [6, 6.07) is 13.1. The Morgan fingerprint density at radius 2 is 1.71 bits per heavy atom. The highest BCUT2D eigenvalue weighted by atomic mass is 19.1. The highest BCUT2D eigenvalue weighted by Gasteiger charge is 2.35. The number of fused-ring (bicyclic) bond motifs is 1. The number of halogens is 2. The largest absolute Gasteiger partial charge is 0.344 e. The van der Waals surface area contributed by atoms with E-state index < -0.39 is 47.5 Å². The van der Waals surface area contributed by atoms with Crippen LogP contribution < -0.4 is 16.0 Å². The van der Waals surface area contributed by atoms with E-state index in [4.69, 9.17) is 0 Å². The molecule has 0 spiro atoms. The Morgan fingerprint density at radius 3 is 2.38 bits per heavy atom. The van der Waals surface area contributed by atoms with E-state index in [9.17, 15) is 23.2 Å². The van der Waals surface area contributed by atoms with Gasteiger partial charge in [-0.05, 0) is 47.9 Å². The molecule has 0 aliphatic carbocycles. The predicted molar refractivity (Wildman–Crippen MR) is 119 cm³/mol. The first-order chi connectivity index (χ1) is 16.3. The summed E-state index contributed by atoms with van der Waals surface area (Å²) < 4.78 is 26.7. The van der Waals surface area contributed by atoms with E-state index in [-0.39, 0.29) is 12.0 Å². The van der Waals surface area contributed by atoms with Gasteiger partial charge in [-0.3, -0.25) is 19.4 Å². The lowest BCUT2D eigenvalue weighted by molar-refractivity contribution is -0.132. The molecule has 4 rings (SSSR count). The van der Waals surface area contributed by atoms with Crippen LogP contribution in [0, 0.1) is 11.6 Å². The van der Waals surface area contributed by atoms with Crippen molar-refractivity contribution in [3.05, 3.63) is 101 Å². The maximum absolute atomic E-state index is 13.3. The van der Waals surface area contributed by atoms with E-state index in [1.807, 2.05) is 24.3 Å². The van der Waals surface area contributed by atoms with Gasteiger partial charge in [0.25, 0.3) is 0 Å². The number of carbonyl (C=O) groups is 3. The van der Waals surface area contributed by atoms with Crippen molar-refractivity contribution < 1.29 is 23.2 Å². The van der Waals surface area contributed by atoms with Gasteiger partial charge in [0.2, 0.25) is 17.7 Å². The molecule has 0 saturated carbocycles. The van der Waals surface area contributed by atoms with Crippen LogP contribution in [0.5, 0.6) is 0 Å². The molecular formula is C25H22F2N4O3. The summed E-state index contributed by atoms with van der Waals surface area (Å²) in [4.78, 5) is 42.3. The van der Waals surface area contributed by atoms with Crippen LogP contribution in [0.4, 0.5) is 8.78 Å². The molecule has 9 heteroatoms. The molecule has 2 aromatic carbocycles. The number of benzene rings is 2. The first kappa shape index (κ1) is 23.0. The molecule has 0 bridgehead atoms. The quantitative estimate of drug-likeness (QED) is 0.522. The lowest BCUT2D eigenvalue weighted by atomic mass is 9.88. The van der Waals surface area contributed by atoms with Crippen LogP contribution in [0.15, 0.2) is 66.9 Å². The van der Waals surface area contributed by atoms with Crippen molar-refractivity contribution >= 4 is 17.7 Å².